The van der Waals surface area contributed by atoms with E-state index in [1.807, 2.05) is 6.20 Å². The lowest BCUT2D eigenvalue weighted by Gasteiger charge is -2.36. The topological polar surface area (TPSA) is 40.8 Å². The molecule has 3 heterocycles. The molecule has 2 aromatic heterocycles. The van der Waals surface area contributed by atoms with Crippen LogP contribution in [0.25, 0.3) is 5.65 Å². The molecule has 1 N–H and O–H groups in total. The molecule has 3 aromatic rings. The third kappa shape index (κ3) is 2.44. The number of aryl methyl sites for hydroxylation is 1. The van der Waals surface area contributed by atoms with Crippen LogP contribution >= 0.6 is 0 Å². The Kier molecular flexibility index (Phi) is 3.63. The van der Waals surface area contributed by atoms with E-state index in [0.717, 1.165) is 25.2 Å². The zero-order valence-corrected chi connectivity index (χ0v) is 13.3. The number of hydrogen-bond donors (Lipinski definition) is 1. The minimum Gasteiger partial charge on any atom is -0.394 e. The largest absolute Gasteiger partial charge is 0.394 e. The van der Waals surface area contributed by atoms with E-state index in [1.165, 1.54) is 22.4 Å². The van der Waals surface area contributed by atoms with Crippen LogP contribution in [0.4, 0.5) is 0 Å². The van der Waals surface area contributed by atoms with E-state index in [9.17, 15) is 5.11 Å². The van der Waals surface area contributed by atoms with Crippen LogP contribution in [0.3, 0.4) is 0 Å². The van der Waals surface area contributed by atoms with Crippen LogP contribution < -0.4 is 0 Å². The van der Waals surface area contributed by atoms with Crippen LogP contribution in [-0.2, 0) is 13.0 Å². The van der Waals surface area contributed by atoms with E-state index < -0.39 is 0 Å². The average molecular weight is 307 g/mol. The number of rotatable bonds is 3. The number of hydrogen-bond acceptors (Lipinski definition) is 3. The van der Waals surface area contributed by atoms with Gasteiger partial charge in [-0.05, 0) is 36.1 Å². The van der Waals surface area contributed by atoms with Gasteiger partial charge in [0.2, 0.25) is 0 Å². The zero-order valence-electron chi connectivity index (χ0n) is 13.3. The second-order valence-corrected chi connectivity index (χ2v) is 6.25. The fourth-order valence-corrected chi connectivity index (χ4v) is 3.63. The Bertz CT molecular complexity index is 840. The molecule has 0 bridgehead atoms. The molecule has 23 heavy (non-hydrogen) atoms. The Morgan fingerprint density at radius 1 is 1.22 bits per heavy atom. The molecule has 4 rings (SSSR count). The number of fused-ring (bicyclic) bond motifs is 2. The van der Waals surface area contributed by atoms with Crippen LogP contribution in [0.15, 0.2) is 48.8 Å². The lowest BCUT2D eigenvalue weighted by atomic mass is 9.93. The minimum absolute atomic E-state index is 0.0651. The van der Waals surface area contributed by atoms with Crippen molar-refractivity contribution in [2.75, 3.05) is 13.2 Å². The first-order valence-electron chi connectivity index (χ1n) is 8.12. The van der Waals surface area contributed by atoms with Gasteiger partial charge in [-0.15, -0.1) is 0 Å². The molecule has 4 nitrogen and oxygen atoms in total. The zero-order chi connectivity index (χ0) is 15.8. The van der Waals surface area contributed by atoms with Crippen molar-refractivity contribution in [3.63, 3.8) is 0 Å². The SMILES string of the molecule is Cc1cccn2c(CN3CCc4ccccc4C3CO)cnc12. The van der Waals surface area contributed by atoms with Crippen molar-refractivity contribution >= 4 is 5.65 Å². The molecule has 0 fully saturated rings. The molecule has 0 saturated heterocycles. The molecular weight excluding hydrogens is 286 g/mol. The highest BCUT2D eigenvalue weighted by atomic mass is 16.3. The minimum atomic E-state index is 0.0651. The molecule has 0 aliphatic carbocycles. The van der Waals surface area contributed by atoms with Gasteiger partial charge in [-0.2, -0.15) is 0 Å². The molecule has 1 atom stereocenters. The molecule has 0 spiro atoms. The molecule has 0 amide bonds. The molecule has 1 unspecified atom stereocenters. The maximum atomic E-state index is 9.93. The molecule has 4 heteroatoms. The maximum absolute atomic E-state index is 9.93. The van der Waals surface area contributed by atoms with Crippen LogP contribution in [0.1, 0.15) is 28.4 Å². The first kappa shape index (κ1) is 14.4. The Morgan fingerprint density at radius 2 is 2.09 bits per heavy atom. The normalized spacial score (nSPS) is 18.3. The van der Waals surface area contributed by atoms with E-state index in [2.05, 4.69) is 63.8 Å². The molecule has 1 aromatic carbocycles. The standard InChI is InChI=1S/C19H21N3O/c1-14-5-4-9-22-16(11-20-19(14)22)12-21-10-8-15-6-2-3-7-17(15)18(21)13-23/h2-7,9,11,18,23H,8,10,12-13H2,1H3. The van der Waals surface area contributed by atoms with Crippen molar-refractivity contribution in [2.24, 2.45) is 0 Å². The average Bonchev–Trinajstić information content (AvgIpc) is 2.99. The number of imidazole rings is 1. The van der Waals surface area contributed by atoms with Gasteiger partial charge in [0.05, 0.1) is 24.5 Å². The van der Waals surface area contributed by atoms with Crippen molar-refractivity contribution in [2.45, 2.75) is 25.9 Å². The summed E-state index contributed by atoms with van der Waals surface area (Å²) in [5, 5.41) is 9.93. The molecule has 0 radical (unpaired) electrons. The van der Waals surface area contributed by atoms with Gasteiger partial charge in [0.1, 0.15) is 5.65 Å². The Labute approximate surface area is 136 Å². The first-order chi connectivity index (χ1) is 11.3. The smallest absolute Gasteiger partial charge is 0.139 e. The third-order valence-corrected chi connectivity index (χ3v) is 4.87. The predicted octanol–water partition coefficient (Wildman–Crippen LogP) is 2.73. The van der Waals surface area contributed by atoms with Crippen molar-refractivity contribution in [3.8, 4) is 0 Å². The summed E-state index contributed by atoms with van der Waals surface area (Å²) in [6.45, 7) is 3.98. The van der Waals surface area contributed by atoms with Crippen molar-refractivity contribution in [1.29, 1.82) is 0 Å². The van der Waals surface area contributed by atoms with Gasteiger partial charge in [-0.25, -0.2) is 4.98 Å². The first-order valence-corrected chi connectivity index (χ1v) is 8.12. The van der Waals surface area contributed by atoms with Crippen LogP contribution in [0.5, 0.6) is 0 Å². The van der Waals surface area contributed by atoms with E-state index in [1.54, 1.807) is 0 Å². The van der Waals surface area contributed by atoms with Crippen LogP contribution in [-0.4, -0.2) is 32.5 Å². The summed E-state index contributed by atoms with van der Waals surface area (Å²) in [4.78, 5) is 6.91. The number of benzene rings is 1. The molecule has 0 saturated carbocycles. The van der Waals surface area contributed by atoms with Gasteiger partial charge < -0.3 is 9.51 Å². The molecule has 1 aliphatic rings. The summed E-state index contributed by atoms with van der Waals surface area (Å²) >= 11 is 0. The Balaban J connectivity index is 1.67. The summed E-state index contributed by atoms with van der Waals surface area (Å²) in [6.07, 6.45) is 5.05. The number of aromatic nitrogens is 2. The van der Waals surface area contributed by atoms with E-state index in [-0.39, 0.29) is 12.6 Å². The summed E-state index contributed by atoms with van der Waals surface area (Å²) in [5.74, 6) is 0. The highest BCUT2D eigenvalue weighted by Gasteiger charge is 2.27. The monoisotopic (exact) mass is 307 g/mol. The Morgan fingerprint density at radius 3 is 2.96 bits per heavy atom. The molecular formula is C19H21N3O. The lowest BCUT2D eigenvalue weighted by Crippen LogP contribution is -2.37. The highest BCUT2D eigenvalue weighted by Crippen LogP contribution is 2.30. The fraction of sp³-hybridized carbons (Fsp3) is 0.316. The van der Waals surface area contributed by atoms with Crippen molar-refractivity contribution in [3.05, 3.63) is 71.2 Å². The number of nitrogens with zero attached hydrogens (tertiary/aromatic N) is 3. The Hall–Kier alpha value is -2.17. The quantitative estimate of drug-likeness (QED) is 0.809. The van der Waals surface area contributed by atoms with Crippen LogP contribution in [0.2, 0.25) is 0 Å². The maximum Gasteiger partial charge on any atom is 0.139 e. The van der Waals surface area contributed by atoms with E-state index in [0.29, 0.717) is 0 Å². The van der Waals surface area contributed by atoms with Crippen molar-refractivity contribution < 1.29 is 5.11 Å². The van der Waals surface area contributed by atoms with E-state index in [4.69, 9.17) is 0 Å². The molecule has 118 valence electrons. The summed E-state index contributed by atoms with van der Waals surface area (Å²) < 4.78 is 2.16. The van der Waals surface area contributed by atoms with Gasteiger partial charge in [0, 0.05) is 19.3 Å². The van der Waals surface area contributed by atoms with Crippen molar-refractivity contribution in [1.82, 2.24) is 14.3 Å². The van der Waals surface area contributed by atoms with Gasteiger partial charge >= 0.3 is 0 Å². The summed E-state index contributed by atoms with van der Waals surface area (Å²) in [5.41, 5.74) is 5.98. The number of aliphatic hydroxyl groups is 1. The highest BCUT2D eigenvalue weighted by molar-refractivity contribution is 5.48. The van der Waals surface area contributed by atoms with Gasteiger partial charge in [0.25, 0.3) is 0 Å². The van der Waals surface area contributed by atoms with Gasteiger partial charge in [-0.1, -0.05) is 30.3 Å². The second-order valence-electron chi connectivity index (χ2n) is 6.25. The number of aliphatic hydroxyl groups excluding tert-OH is 1. The van der Waals surface area contributed by atoms with Crippen LogP contribution in [0, 0.1) is 6.92 Å². The van der Waals surface area contributed by atoms with Gasteiger partial charge in [-0.3, -0.25) is 4.90 Å². The third-order valence-electron chi connectivity index (χ3n) is 4.87. The predicted molar refractivity (Wildman–Crippen MR) is 90.3 cm³/mol. The lowest BCUT2D eigenvalue weighted by molar-refractivity contribution is 0.107. The second kappa shape index (κ2) is 5.80. The summed E-state index contributed by atoms with van der Waals surface area (Å²) in [7, 11) is 0. The fourth-order valence-electron chi connectivity index (χ4n) is 3.63. The molecule has 1 aliphatic heterocycles. The number of pyridine rings is 1. The summed E-state index contributed by atoms with van der Waals surface area (Å²) in [6, 6.07) is 12.7. The van der Waals surface area contributed by atoms with E-state index >= 15 is 0 Å². The van der Waals surface area contributed by atoms with Gasteiger partial charge in [0.15, 0.2) is 0 Å².